The van der Waals surface area contributed by atoms with Crippen molar-refractivity contribution in [1.82, 2.24) is 4.90 Å². The highest BCUT2D eigenvalue weighted by molar-refractivity contribution is 5.93. The SMILES string of the molecule is CCOc1ccc(NC(=O)N(C)C(C)(C)C(=O)O)cc1. The number of hydrogen-bond acceptors (Lipinski definition) is 3. The summed E-state index contributed by atoms with van der Waals surface area (Å²) >= 11 is 0. The smallest absolute Gasteiger partial charge is 0.329 e. The number of carbonyl (C=O) groups excluding carboxylic acids is 1. The van der Waals surface area contributed by atoms with E-state index in [0.29, 0.717) is 18.0 Å². The van der Waals surface area contributed by atoms with Gasteiger partial charge in [0.1, 0.15) is 11.3 Å². The summed E-state index contributed by atoms with van der Waals surface area (Å²) in [6, 6.07) is 6.39. The van der Waals surface area contributed by atoms with Crippen LogP contribution in [0, 0.1) is 0 Å². The lowest BCUT2D eigenvalue weighted by Crippen LogP contribution is -2.52. The summed E-state index contributed by atoms with van der Waals surface area (Å²) in [6.45, 7) is 5.39. The number of rotatable bonds is 5. The van der Waals surface area contributed by atoms with Crippen molar-refractivity contribution in [3.63, 3.8) is 0 Å². The van der Waals surface area contributed by atoms with Crippen LogP contribution >= 0.6 is 0 Å². The molecule has 110 valence electrons. The van der Waals surface area contributed by atoms with E-state index >= 15 is 0 Å². The van der Waals surface area contributed by atoms with E-state index in [1.807, 2.05) is 6.92 Å². The number of benzene rings is 1. The highest BCUT2D eigenvalue weighted by atomic mass is 16.5. The number of nitrogens with one attached hydrogen (secondary N) is 1. The normalized spacial score (nSPS) is 10.8. The van der Waals surface area contributed by atoms with Crippen LogP contribution in [0.5, 0.6) is 5.75 Å². The maximum absolute atomic E-state index is 12.0. The van der Waals surface area contributed by atoms with Crippen molar-refractivity contribution in [2.45, 2.75) is 26.3 Å². The molecule has 0 spiro atoms. The molecule has 0 unspecified atom stereocenters. The fourth-order valence-corrected chi connectivity index (χ4v) is 1.41. The van der Waals surface area contributed by atoms with Crippen molar-refractivity contribution in [1.29, 1.82) is 0 Å². The van der Waals surface area contributed by atoms with Crippen LogP contribution in [0.3, 0.4) is 0 Å². The fourth-order valence-electron chi connectivity index (χ4n) is 1.41. The Bertz CT molecular complexity index is 482. The van der Waals surface area contributed by atoms with Gasteiger partial charge in [-0.3, -0.25) is 0 Å². The Hall–Kier alpha value is -2.24. The highest BCUT2D eigenvalue weighted by Crippen LogP contribution is 2.18. The number of urea groups is 1. The maximum Gasteiger partial charge on any atom is 0.329 e. The van der Waals surface area contributed by atoms with Gasteiger partial charge in [-0.2, -0.15) is 0 Å². The molecule has 2 amide bonds. The number of amides is 2. The predicted octanol–water partition coefficient (Wildman–Crippen LogP) is 2.41. The second-order valence-corrected chi connectivity index (χ2v) is 4.81. The van der Waals surface area contributed by atoms with E-state index in [1.165, 1.54) is 20.9 Å². The van der Waals surface area contributed by atoms with Crippen molar-refractivity contribution in [2.24, 2.45) is 0 Å². The van der Waals surface area contributed by atoms with Crippen LogP contribution < -0.4 is 10.1 Å². The first-order valence-corrected chi connectivity index (χ1v) is 6.30. The number of aliphatic carboxylic acids is 1. The lowest BCUT2D eigenvalue weighted by molar-refractivity contribution is -0.146. The Morgan fingerprint density at radius 3 is 2.30 bits per heavy atom. The van der Waals surface area contributed by atoms with E-state index in [0.717, 1.165) is 4.90 Å². The van der Waals surface area contributed by atoms with Crippen LogP contribution in [0.15, 0.2) is 24.3 Å². The summed E-state index contributed by atoms with van der Waals surface area (Å²) < 4.78 is 5.30. The zero-order chi connectivity index (χ0) is 15.3. The van der Waals surface area contributed by atoms with Gasteiger partial charge in [-0.25, -0.2) is 9.59 Å². The summed E-state index contributed by atoms with van der Waals surface area (Å²) in [7, 11) is 1.44. The molecule has 0 saturated carbocycles. The van der Waals surface area contributed by atoms with E-state index in [1.54, 1.807) is 24.3 Å². The predicted molar refractivity (Wildman–Crippen MR) is 76.1 cm³/mol. The number of carboxylic acids is 1. The molecule has 0 fully saturated rings. The molecule has 0 aromatic heterocycles. The molecule has 0 saturated heterocycles. The first-order valence-electron chi connectivity index (χ1n) is 6.30. The molecule has 0 aliphatic carbocycles. The van der Waals surface area contributed by atoms with Crippen molar-refractivity contribution in [2.75, 3.05) is 19.0 Å². The molecule has 0 bridgehead atoms. The van der Waals surface area contributed by atoms with Crippen molar-refractivity contribution in [3.05, 3.63) is 24.3 Å². The van der Waals surface area contributed by atoms with Gasteiger partial charge >= 0.3 is 12.0 Å². The highest BCUT2D eigenvalue weighted by Gasteiger charge is 2.35. The van der Waals surface area contributed by atoms with E-state index < -0.39 is 17.5 Å². The van der Waals surface area contributed by atoms with Crippen LogP contribution in [-0.4, -0.2) is 41.2 Å². The van der Waals surface area contributed by atoms with Gasteiger partial charge in [0.05, 0.1) is 6.61 Å². The fraction of sp³-hybridized carbons (Fsp3) is 0.429. The Kier molecular flexibility index (Phi) is 4.96. The molecule has 0 aliphatic rings. The Balaban J connectivity index is 2.73. The standard InChI is InChI=1S/C14H20N2O4/c1-5-20-11-8-6-10(7-9-11)15-13(19)16(4)14(2,3)12(17)18/h6-9H,5H2,1-4H3,(H,15,19)(H,17,18). The summed E-state index contributed by atoms with van der Waals surface area (Å²) in [5.74, 6) is -0.355. The first-order chi connectivity index (χ1) is 9.28. The van der Waals surface area contributed by atoms with Crippen LogP contribution in [0.2, 0.25) is 0 Å². The third kappa shape index (κ3) is 3.63. The van der Waals surface area contributed by atoms with E-state index in [2.05, 4.69) is 5.32 Å². The summed E-state index contributed by atoms with van der Waals surface area (Å²) in [5, 5.41) is 11.7. The minimum absolute atomic E-state index is 0.485. The number of carbonyl (C=O) groups is 2. The molecule has 1 aromatic carbocycles. The van der Waals surface area contributed by atoms with Crippen LogP contribution in [0.4, 0.5) is 10.5 Å². The second kappa shape index (κ2) is 6.27. The quantitative estimate of drug-likeness (QED) is 0.868. The largest absolute Gasteiger partial charge is 0.494 e. The van der Waals surface area contributed by atoms with Gasteiger partial charge in [-0.15, -0.1) is 0 Å². The average molecular weight is 280 g/mol. The van der Waals surface area contributed by atoms with Gasteiger partial charge in [0.15, 0.2) is 0 Å². The molecule has 6 nitrogen and oxygen atoms in total. The Morgan fingerprint density at radius 2 is 1.85 bits per heavy atom. The molecular formula is C14H20N2O4. The third-order valence-corrected chi connectivity index (χ3v) is 3.08. The number of likely N-dealkylation sites (N-methyl/N-ethyl adjacent to an activating group) is 1. The molecule has 1 aromatic rings. The Morgan fingerprint density at radius 1 is 1.30 bits per heavy atom. The van der Waals surface area contributed by atoms with E-state index in [9.17, 15) is 9.59 Å². The maximum atomic E-state index is 12.0. The lowest BCUT2D eigenvalue weighted by Gasteiger charge is -2.31. The van der Waals surface area contributed by atoms with Crippen LogP contribution in [0.1, 0.15) is 20.8 Å². The van der Waals surface area contributed by atoms with Crippen molar-refractivity contribution < 1.29 is 19.4 Å². The summed E-state index contributed by atoms with van der Waals surface area (Å²) in [5.41, 5.74) is -0.707. The topological polar surface area (TPSA) is 78.9 Å². The summed E-state index contributed by atoms with van der Waals surface area (Å²) in [6.07, 6.45) is 0. The number of nitrogens with zero attached hydrogens (tertiary/aromatic N) is 1. The number of anilines is 1. The molecule has 6 heteroatoms. The zero-order valence-electron chi connectivity index (χ0n) is 12.1. The summed E-state index contributed by atoms with van der Waals surface area (Å²) in [4.78, 5) is 24.2. The molecule has 0 aliphatic heterocycles. The van der Waals surface area contributed by atoms with Crippen LogP contribution in [-0.2, 0) is 4.79 Å². The van der Waals surface area contributed by atoms with Crippen LogP contribution in [0.25, 0.3) is 0 Å². The minimum Gasteiger partial charge on any atom is -0.494 e. The number of hydrogen-bond donors (Lipinski definition) is 2. The van der Waals surface area contributed by atoms with Gasteiger partial charge in [-0.1, -0.05) is 0 Å². The number of carboxylic acid groups (broad SMARTS) is 1. The minimum atomic E-state index is -1.28. The molecule has 0 heterocycles. The first kappa shape index (κ1) is 15.8. The molecule has 20 heavy (non-hydrogen) atoms. The molecule has 1 rings (SSSR count). The second-order valence-electron chi connectivity index (χ2n) is 4.81. The van der Waals surface area contributed by atoms with E-state index in [4.69, 9.17) is 9.84 Å². The van der Waals surface area contributed by atoms with Gasteiger partial charge in [0, 0.05) is 12.7 Å². The lowest BCUT2D eigenvalue weighted by atomic mass is 10.1. The molecule has 0 radical (unpaired) electrons. The van der Waals surface area contributed by atoms with E-state index in [-0.39, 0.29) is 0 Å². The van der Waals surface area contributed by atoms with Gasteiger partial charge < -0.3 is 20.1 Å². The van der Waals surface area contributed by atoms with Gasteiger partial charge in [0.2, 0.25) is 0 Å². The van der Waals surface area contributed by atoms with Crippen molar-refractivity contribution in [3.8, 4) is 5.75 Å². The van der Waals surface area contributed by atoms with Gasteiger partial charge in [-0.05, 0) is 45.0 Å². The number of ether oxygens (including phenoxy) is 1. The molecule has 2 N–H and O–H groups in total. The van der Waals surface area contributed by atoms with Gasteiger partial charge in [0.25, 0.3) is 0 Å². The van der Waals surface area contributed by atoms with Crippen molar-refractivity contribution >= 4 is 17.7 Å². The third-order valence-electron chi connectivity index (χ3n) is 3.08. The zero-order valence-corrected chi connectivity index (χ0v) is 12.1. The molecular weight excluding hydrogens is 260 g/mol. The average Bonchev–Trinajstić information content (AvgIpc) is 2.40. The Labute approximate surface area is 118 Å². The molecule has 0 atom stereocenters. The monoisotopic (exact) mass is 280 g/mol.